The van der Waals surface area contributed by atoms with Crippen molar-refractivity contribution in [3.05, 3.63) is 65.7 Å². The van der Waals surface area contributed by atoms with Crippen LogP contribution in [-0.4, -0.2) is 71.9 Å². The van der Waals surface area contributed by atoms with Crippen molar-refractivity contribution in [1.29, 1.82) is 0 Å². The molecule has 1 aromatic heterocycles. The number of rotatable bonds is 8. The highest BCUT2D eigenvalue weighted by Gasteiger charge is 2.37. The second kappa shape index (κ2) is 9.55. The van der Waals surface area contributed by atoms with Gasteiger partial charge in [0.2, 0.25) is 0 Å². The number of nitrogens with one attached hydrogen (secondary N) is 2. The Morgan fingerprint density at radius 1 is 1.03 bits per heavy atom. The second-order valence-electron chi connectivity index (χ2n) is 9.51. The Hall–Kier alpha value is -2.87. The van der Waals surface area contributed by atoms with Crippen molar-refractivity contribution in [1.82, 2.24) is 20.4 Å². The number of azo groups is 1. The van der Waals surface area contributed by atoms with Crippen LogP contribution in [0, 0.1) is 6.92 Å². The topological polar surface area (TPSA) is 68.7 Å². The van der Waals surface area contributed by atoms with Crippen LogP contribution in [0.1, 0.15) is 24.1 Å². The zero-order valence-corrected chi connectivity index (χ0v) is 19.7. The van der Waals surface area contributed by atoms with Crippen molar-refractivity contribution < 1.29 is 4.48 Å². The summed E-state index contributed by atoms with van der Waals surface area (Å²) >= 11 is 0. The number of quaternary nitrogens is 1. The molecule has 4 heterocycles. The number of fused-ring (bicyclic) bond motifs is 3. The second-order valence-corrected chi connectivity index (χ2v) is 9.51. The number of nitrogens with zero attached hydrogens (tertiary/aromatic N) is 5. The molecule has 1 unspecified atom stereocenters. The summed E-state index contributed by atoms with van der Waals surface area (Å²) in [5.41, 5.74) is 5.31. The van der Waals surface area contributed by atoms with E-state index < -0.39 is 0 Å². The van der Waals surface area contributed by atoms with Gasteiger partial charge in [0.05, 0.1) is 37.6 Å². The molecule has 0 radical (unpaired) electrons. The summed E-state index contributed by atoms with van der Waals surface area (Å²) in [6.07, 6.45) is 0. The Morgan fingerprint density at radius 2 is 1.79 bits per heavy atom. The Bertz CT molecular complexity index is 1080. The van der Waals surface area contributed by atoms with Gasteiger partial charge in [-0.15, -0.1) is 10.2 Å². The van der Waals surface area contributed by atoms with Crippen LogP contribution in [0.15, 0.2) is 64.8 Å². The molecule has 7 heteroatoms. The molecule has 3 aliphatic rings. The number of aromatic nitrogens is 2. The number of hydrogen-bond acceptors (Lipinski definition) is 5. The Balaban J connectivity index is 1.17. The van der Waals surface area contributed by atoms with Crippen molar-refractivity contribution in [3.8, 4) is 11.3 Å². The highest BCUT2D eigenvalue weighted by atomic mass is 15.5. The fourth-order valence-electron chi connectivity index (χ4n) is 5.00. The summed E-state index contributed by atoms with van der Waals surface area (Å²) in [6, 6.07) is 18.8. The van der Waals surface area contributed by atoms with Crippen LogP contribution < -0.4 is 5.32 Å². The van der Waals surface area contributed by atoms with Gasteiger partial charge in [0.1, 0.15) is 0 Å². The third-order valence-electron chi connectivity index (χ3n) is 7.34. The lowest BCUT2D eigenvalue weighted by Crippen LogP contribution is -2.68. The first-order valence-electron chi connectivity index (χ1n) is 12.0. The van der Waals surface area contributed by atoms with Crippen molar-refractivity contribution in [2.24, 2.45) is 10.2 Å². The monoisotopic (exact) mass is 444 g/mol. The average molecular weight is 445 g/mol. The lowest BCUT2D eigenvalue weighted by molar-refractivity contribution is -0.939. The van der Waals surface area contributed by atoms with Gasteiger partial charge in [-0.05, 0) is 36.6 Å². The Kier molecular flexibility index (Phi) is 6.35. The lowest BCUT2D eigenvalue weighted by atomic mass is 10.0. The summed E-state index contributed by atoms with van der Waals surface area (Å²) in [6.45, 7) is 14.4. The minimum absolute atomic E-state index is 0.318. The molecule has 0 saturated carbocycles. The maximum Gasteiger partial charge on any atom is 0.196 e. The molecule has 0 spiro atoms. The van der Waals surface area contributed by atoms with Gasteiger partial charge in [-0.2, -0.15) is 5.10 Å². The highest BCUT2D eigenvalue weighted by Crippen LogP contribution is 2.27. The predicted octanol–water partition coefficient (Wildman–Crippen LogP) is 4.60. The van der Waals surface area contributed by atoms with Crippen LogP contribution in [0.5, 0.6) is 0 Å². The van der Waals surface area contributed by atoms with E-state index in [1.807, 2.05) is 36.4 Å². The van der Waals surface area contributed by atoms with E-state index in [-0.39, 0.29) is 0 Å². The van der Waals surface area contributed by atoms with Crippen LogP contribution in [0.25, 0.3) is 11.3 Å². The highest BCUT2D eigenvalue weighted by molar-refractivity contribution is 5.61. The predicted molar refractivity (Wildman–Crippen MR) is 132 cm³/mol. The van der Waals surface area contributed by atoms with E-state index >= 15 is 0 Å². The van der Waals surface area contributed by atoms with Gasteiger partial charge >= 0.3 is 0 Å². The van der Waals surface area contributed by atoms with Crippen molar-refractivity contribution in [2.45, 2.75) is 19.9 Å². The maximum absolute atomic E-state index is 4.45. The molecular formula is C26H34N7+. The molecule has 3 fully saturated rings. The molecule has 3 saturated heterocycles. The Morgan fingerprint density at radius 3 is 2.52 bits per heavy atom. The van der Waals surface area contributed by atoms with Crippen LogP contribution >= 0.6 is 0 Å². The first kappa shape index (κ1) is 21.9. The van der Waals surface area contributed by atoms with Crippen molar-refractivity contribution >= 4 is 11.5 Å². The molecule has 2 bridgehead atoms. The van der Waals surface area contributed by atoms with Gasteiger partial charge in [-0.3, -0.25) is 10.00 Å². The first-order valence-corrected chi connectivity index (χ1v) is 12.0. The third-order valence-corrected chi connectivity index (χ3v) is 7.34. The van der Waals surface area contributed by atoms with Crippen molar-refractivity contribution in [3.63, 3.8) is 0 Å². The van der Waals surface area contributed by atoms with E-state index in [1.165, 1.54) is 55.9 Å². The van der Waals surface area contributed by atoms with Gasteiger partial charge in [-0.25, -0.2) is 0 Å². The largest absolute Gasteiger partial charge is 0.319 e. The minimum Gasteiger partial charge on any atom is -0.319 e. The number of piperazine rings is 3. The number of hydrogen-bond donors (Lipinski definition) is 2. The zero-order chi connectivity index (χ0) is 22.7. The van der Waals surface area contributed by atoms with E-state index in [0.717, 1.165) is 29.1 Å². The molecule has 6 rings (SSSR count). The van der Waals surface area contributed by atoms with Crippen LogP contribution in [0.2, 0.25) is 0 Å². The maximum atomic E-state index is 4.45. The van der Waals surface area contributed by atoms with Gasteiger partial charge < -0.3 is 9.80 Å². The molecule has 2 N–H and O–H groups in total. The molecule has 0 aliphatic carbocycles. The van der Waals surface area contributed by atoms with Crippen molar-refractivity contribution in [2.75, 3.05) is 52.4 Å². The van der Waals surface area contributed by atoms with Gasteiger partial charge in [0.15, 0.2) is 5.82 Å². The number of H-pyrrole nitrogens is 1. The minimum atomic E-state index is 0.318. The average Bonchev–Trinajstić information content (AvgIpc) is 3.34. The van der Waals surface area contributed by atoms with E-state index in [1.54, 1.807) is 0 Å². The normalized spacial score (nSPS) is 23.3. The molecule has 1 atom stereocenters. The summed E-state index contributed by atoms with van der Waals surface area (Å²) in [5.74, 6) is 0.582. The molecule has 172 valence electrons. The molecule has 3 aromatic rings. The number of aromatic amines is 1. The first-order chi connectivity index (χ1) is 16.1. The quantitative estimate of drug-likeness (QED) is 0.394. The van der Waals surface area contributed by atoms with E-state index in [2.05, 4.69) is 62.7 Å². The molecule has 2 aromatic carbocycles. The number of benzene rings is 2. The smallest absolute Gasteiger partial charge is 0.196 e. The summed E-state index contributed by atoms with van der Waals surface area (Å²) < 4.78 is 1.30. The molecule has 0 amide bonds. The molecule has 3 aliphatic heterocycles. The summed E-state index contributed by atoms with van der Waals surface area (Å²) in [4.78, 5) is 2.60. The fraction of sp³-hybridized carbons (Fsp3) is 0.423. The third kappa shape index (κ3) is 5.05. The van der Waals surface area contributed by atoms with Gasteiger partial charge in [-0.1, -0.05) is 42.5 Å². The van der Waals surface area contributed by atoms with E-state index in [4.69, 9.17) is 0 Å². The molecular weight excluding hydrogens is 410 g/mol. The van der Waals surface area contributed by atoms with Crippen LogP contribution in [0.4, 0.5) is 11.5 Å². The zero-order valence-electron chi connectivity index (χ0n) is 19.7. The molecule has 33 heavy (non-hydrogen) atoms. The number of aryl methyl sites for hydroxylation is 1. The van der Waals surface area contributed by atoms with Crippen LogP contribution in [-0.2, 0) is 0 Å². The van der Waals surface area contributed by atoms with Crippen LogP contribution in [0.3, 0.4) is 0 Å². The SMILES string of the molecule is Cc1cc(C(C)NCC[N+]23CCN(CC2)CC3)ccc1N=Nc1cc(-c2ccccc2)[nH]n1. The van der Waals surface area contributed by atoms with E-state index in [0.29, 0.717) is 11.9 Å². The summed E-state index contributed by atoms with van der Waals surface area (Å²) in [5, 5.41) is 19.8. The summed E-state index contributed by atoms with van der Waals surface area (Å²) in [7, 11) is 0. The Labute approximate surface area is 196 Å². The fourth-order valence-corrected chi connectivity index (χ4v) is 5.00. The lowest BCUT2D eigenvalue weighted by Gasteiger charge is -2.50. The molecule has 7 nitrogen and oxygen atoms in total. The van der Waals surface area contributed by atoms with Gasteiger partial charge in [0, 0.05) is 38.3 Å². The van der Waals surface area contributed by atoms with E-state index in [9.17, 15) is 0 Å². The van der Waals surface area contributed by atoms with Gasteiger partial charge in [0.25, 0.3) is 0 Å². The standard InChI is InChI=1S/C26H34N7/c1-20-18-23(21(2)27-10-14-33-15-11-32(12-16-33)13-17-33)8-9-24(20)28-30-26-19-25(29-31-26)22-6-4-3-5-7-22/h3-9,18-19,21,27H,10-17H2,1-2H3,(H,29,31)/q+1.